The molecular formula is C27H31N3O3. The van der Waals surface area contributed by atoms with Gasteiger partial charge in [0, 0.05) is 36.8 Å². The number of aromatic nitrogens is 1. The molecule has 1 aliphatic rings. The van der Waals surface area contributed by atoms with Crippen LogP contribution in [0, 0.1) is 5.92 Å². The van der Waals surface area contributed by atoms with Crippen LogP contribution in [0.5, 0.6) is 0 Å². The SMILES string of the molecule is CC(C)(NC(=O)Cc1ccccc1)C(=O)N1CCOCC(Cc2ccc3cnccc3c2)C1. The smallest absolute Gasteiger partial charge is 0.247 e. The van der Waals surface area contributed by atoms with Crippen molar-refractivity contribution < 1.29 is 14.3 Å². The van der Waals surface area contributed by atoms with Crippen molar-refractivity contribution in [1.29, 1.82) is 0 Å². The molecule has 1 aromatic heterocycles. The predicted octanol–water partition coefficient (Wildman–Crippen LogP) is 3.39. The van der Waals surface area contributed by atoms with E-state index in [4.69, 9.17) is 4.74 Å². The van der Waals surface area contributed by atoms with Crippen molar-refractivity contribution in [3.63, 3.8) is 0 Å². The Morgan fingerprint density at radius 3 is 2.73 bits per heavy atom. The minimum Gasteiger partial charge on any atom is -0.379 e. The molecule has 1 fully saturated rings. The van der Waals surface area contributed by atoms with Crippen LogP contribution in [0.15, 0.2) is 67.0 Å². The summed E-state index contributed by atoms with van der Waals surface area (Å²) >= 11 is 0. The molecule has 0 bridgehead atoms. The zero-order valence-corrected chi connectivity index (χ0v) is 19.3. The summed E-state index contributed by atoms with van der Waals surface area (Å²) in [5.41, 5.74) is 1.15. The van der Waals surface area contributed by atoms with Gasteiger partial charge in [0.1, 0.15) is 5.54 Å². The maximum atomic E-state index is 13.4. The molecule has 1 unspecified atom stereocenters. The molecular weight excluding hydrogens is 414 g/mol. The summed E-state index contributed by atoms with van der Waals surface area (Å²) in [5.74, 6) is -0.0524. The second-order valence-electron chi connectivity index (χ2n) is 9.29. The van der Waals surface area contributed by atoms with E-state index in [0.717, 1.165) is 22.8 Å². The quantitative estimate of drug-likeness (QED) is 0.631. The van der Waals surface area contributed by atoms with Gasteiger partial charge in [0.15, 0.2) is 0 Å². The van der Waals surface area contributed by atoms with Crippen LogP contribution in [-0.4, -0.2) is 53.5 Å². The molecule has 2 amide bonds. The van der Waals surface area contributed by atoms with Crippen LogP contribution in [-0.2, 0) is 27.2 Å². The molecule has 172 valence electrons. The van der Waals surface area contributed by atoms with Crippen molar-refractivity contribution in [1.82, 2.24) is 15.2 Å². The third-order valence-corrected chi connectivity index (χ3v) is 6.05. The van der Waals surface area contributed by atoms with Crippen molar-refractivity contribution in [3.8, 4) is 0 Å². The van der Waals surface area contributed by atoms with Crippen molar-refractivity contribution in [3.05, 3.63) is 78.1 Å². The highest BCUT2D eigenvalue weighted by Crippen LogP contribution is 2.20. The highest BCUT2D eigenvalue weighted by Gasteiger charge is 2.35. The van der Waals surface area contributed by atoms with Crippen LogP contribution in [0.2, 0.25) is 0 Å². The molecule has 0 saturated carbocycles. The van der Waals surface area contributed by atoms with Gasteiger partial charge in [0.2, 0.25) is 11.8 Å². The van der Waals surface area contributed by atoms with Crippen LogP contribution in [0.4, 0.5) is 0 Å². The number of carbonyl (C=O) groups is 2. The fraction of sp³-hybridized carbons (Fsp3) is 0.370. The van der Waals surface area contributed by atoms with Gasteiger partial charge in [-0.3, -0.25) is 14.6 Å². The largest absolute Gasteiger partial charge is 0.379 e. The van der Waals surface area contributed by atoms with Gasteiger partial charge in [-0.2, -0.15) is 0 Å². The van der Waals surface area contributed by atoms with Crippen LogP contribution < -0.4 is 5.32 Å². The Morgan fingerprint density at radius 2 is 1.91 bits per heavy atom. The molecule has 1 aliphatic heterocycles. The normalized spacial score (nSPS) is 16.9. The highest BCUT2D eigenvalue weighted by atomic mass is 16.5. The lowest BCUT2D eigenvalue weighted by Gasteiger charge is -2.33. The van der Waals surface area contributed by atoms with Gasteiger partial charge in [0.25, 0.3) is 0 Å². The number of ether oxygens (including phenoxy) is 1. The van der Waals surface area contributed by atoms with E-state index in [1.165, 1.54) is 5.56 Å². The first-order chi connectivity index (χ1) is 15.9. The van der Waals surface area contributed by atoms with Gasteiger partial charge in [-0.05, 0) is 42.8 Å². The summed E-state index contributed by atoms with van der Waals surface area (Å²) in [6.07, 6.45) is 4.74. The van der Waals surface area contributed by atoms with Crippen LogP contribution in [0.1, 0.15) is 25.0 Å². The number of nitrogens with one attached hydrogen (secondary N) is 1. The summed E-state index contributed by atoms with van der Waals surface area (Å²) in [6.45, 7) is 5.78. The first-order valence-corrected chi connectivity index (χ1v) is 11.5. The van der Waals surface area contributed by atoms with Gasteiger partial charge in [-0.15, -0.1) is 0 Å². The lowest BCUT2D eigenvalue weighted by molar-refractivity contribution is -0.140. The number of nitrogens with zero attached hydrogens (tertiary/aromatic N) is 2. The van der Waals surface area contributed by atoms with E-state index in [2.05, 4.69) is 28.5 Å². The number of hydrogen-bond acceptors (Lipinski definition) is 4. The molecule has 1 atom stereocenters. The summed E-state index contributed by atoms with van der Waals surface area (Å²) in [5, 5.41) is 5.20. The second-order valence-corrected chi connectivity index (χ2v) is 9.29. The number of amides is 2. The average Bonchev–Trinajstić information content (AvgIpc) is 3.04. The third kappa shape index (κ3) is 5.96. The van der Waals surface area contributed by atoms with Crippen LogP contribution in [0.25, 0.3) is 10.8 Å². The molecule has 2 aromatic carbocycles. The zero-order valence-electron chi connectivity index (χ0n) is 19.3. The number of fused-ring (bicyclic) bond motifs is 1. The lowest BCUT2D eigenvalue weighted by Crippen LogP contribution is -2.57. The van der Waals surface area contributed by atoms with Crippen LogP contribution in [0.3, 0.4) is 0 Å². The Kier molecular flexibility index (Phi) is 7.04. The van der Waals surface area contributed by atoms with Crippen LogP contribution >= 0.6 is 0 Å². The maximum Gasteiger partial charge on any atom is 0.247 e. The fourth-order valence-electron chi connectivity index (χ4n) is 4.40. The summed E-state index contributed by atoms with van der Waals surface area (Å²) in [7, 11) is 0. The van der Waals surface area contributed by atoms with Gasteiger partial charge in [-0.25, -0.2) is 0 Å². The van der Waals surface area contributed by atoms with Gasteiger partial charge >= 0.3 is 0 Å². The minimum absolute atomic E-state index is 0.0796. The molecule has 33 heavy (non-hydrogen) atoms. The molecule has 2 heterocycles. The Labute approximate surface area is 195 Å². The Morgan fingerprint density at radius 1 is 1.09 bits per heavy atom. The molecule has 0 radical (unpaired) electrons. The highest BCUT2D eigenvalue weighted by molar-refractivity contribution is 5.91. The molecule has 0 aliphatic carbocycles. The zero-order chi connectivity index (χ0) is 23.3. The minimum atomic E-state index is -0.989. The molecule has 4 rings (SSSR count). The summed E-state index contributed by atoms with van der Waals surface area (Å²) in [6, 6.07) is 18.0. The fourth-order valence-corrected chi connectivity index (χ4v) is 4.40. The van der Waals surface area contributed by atoms with E-state index >= 15 is 0 Å². The van der Waals surface area contributed by atoms with E-state index in [-0.39, 0.29) is 24.2 Å². The molecule has 6 heteroatoms. The number of carbonyl (C=O) groups excluding carboxylic acids is 2. The van der Waals surface area contributed by atoms with E-state index in [0.29, 0.717) is 26.3 Å². The van der Waals surface area contributed by atoms with Gasteiger partial charge in [-0.1, -0.05) is 48.5 Å². The second kappa shape index (κ2) is 10.1. The number of pyridine rings is 1. The summed E-state index contributed by atoms with van der Waals surface area (Å²) < 4.78 is 5.83. The third-order valence-electron chi connectivity index (χ3n) is 6.05. The van der Waals surface area contributed by atoms with E-state index < -0.39 is 5.54 Å². The van der Waals surface area contributed by atoms with Crippen molar-refractivity contribution >= 4 is 22.6 Å². The Bertz CT molecular complexity index is 1110. The van der Waals surface area contributed by atoms with Gasteiger partial charge < -0.3 is 15.0 Å². The number of rotatable bonds is 6. The number of benzene rings is 2. The van der Waals surface area contributed by atoms with Crippen molar-refractivity contribution in [2.24, 2.45) is 5.92 Å². The number of hydrogen-bond donors (Lipinski definition) is 1. The molecule has 6 nitrogen and oxygen atoms in total. The molecule has 3 aromatic rings. The maximum absolute atomic E-state index is 13.4. The van der Waals surface area contributed by atoms with Gasteiger partial charge in [0.05, 0.1) is 19.6 Å². The molecule has 0 spiro atoms. The first kappa shape index (κ1) is 22.9. The monoisotopic (exact) mass is 445 g/mol. The van der Waals surface area contributed by atoms with E-state index in [9.17, 15) is 9.59 Å². The van der Waals surface area contributed by atoms with E-state index in [1.807, 2.05) is 47.5 Å². The average molecular weight is 446 g/mol. The predicted molar refractivity (Wildman–Crippen MR) is 129 cm³/mol. The molecule has 1 N–H and O–H groups in total. The lowest BCUT2D eigenvalue weighted by atomic mass is 9.96. The topological polar surface area (TPSA) is 71.5 Å². The molecule has 1 saturated heterocycles. The Hall–Kier alpha value is -3.25. The van der Waals surface area contributed by atoms with Crippen molar-refractivity contribution in [2.45, 2.75) is 32.2 Å². The van der Waals surface area contributed by atoms with Crippen molar-refractivity contribution in [2.75, 3.05) is 26.3 Å². The summed E-state index contributed by atoms with van der Waals surface area (Å²) in [4.78, 5) is 32.0. The first-order valence-electron chi connectivity index (χ1n) is 11.5. The standard InChI is InChI=1S/C27H31N3O3/c1-27(2,29-25(31)16-20-6-4-3-5-7-20)26(32)30-12-13-33-19-22(18-30)14-21-8-9-24-17-28-11-10-23(24)15-21/h3-11,15,17,22H,12-14,16,18-19H2,1-2H3,(H,29,31). The Balaban J connectivity index is 1.40. The van der Waals surface area contributed by atoms with E-state index in [1.54, 1.807) is 20.0 Å².